The Morgan fingerprint density at radius 3 is 2.40 bits per heavy atom. The minimum absolute atomic E-state index is 0.0563. The van der Waals surface area contributed by atoms with Crippen LogP contribution in [0.2, 0.25) is 0 Å². The summed E-state index contributed by atoms with van der Waals surface area (Å²) in [6.45, 7) is 7.34. The highest BCUT2D eigenvalue weighted by Gasteiger charge is 2.07. The quantitative estimate of drug-likeness (QED) is 0.772. The lowest BCUT2D eigenvalue weighted by molar-refractivity contribution is 0.0951. The second-order valence-electron chi connectivity index (χ2n) is 6.45. The Hall–Kier alpha value is -2.88. The van der Waals surface area contributed by atoms with Gasteiger partial charge >= 0.3 is 0 Å². The standard InChI is InChI=1S/C21H23N3O/c1-15-5-4-6-19(11-15)13-22-21(25)20-9-7-18(8-10-20)14-24-17(3)12-16(2)23-24/h4-12H,13-14H2,1-3H3,(H,22,25). The molecule has 128 valence electrons. The summed E-state index contributed by atoms with van der Waals surface area (Å²) in [4.78, 5) is 12.3. The van der Waals surface area contributed by atoms with Gasteiger partial charge < -0.3 is 5.32 Å². The van der Waals surface area contributed by atoms with Gasteiger partial charge in [-0.15, -0.1) is 0 Å². The zero-order chi connectivity index (χ0) is 17.8. The number of aromatic nitrogens is 2. The predicted octanol–water partition coefficient (Wildman–Crippen LogP) is 3.79. The minimum atomic E-state index is -0.0563. The summed E-state index contributed by atoms with van der Waals surface area (Å²) in [7, 11) is 0. The first-order chi connectivity index (χ1) is 12.0. The number of carbonyl (C=O) groups excluding carboxylic acids is 1. The van der Waals surface area contributed by atoms with Crippen LogP contribution in [0.25, 0.3) is 0 Å². The molecule has 4 nitrogen and oxygen atoms in total. The molecule has 4 heteroatoms. The van der Waals surface area contributed by atoms with E-state index < -0.39 is 0 Å². The number of amides is 1. The van der Waals surface area contributed by atoms with E-state index >= 15 is 0 Å². The van der Waals surface area contributed by atoms with Crippen molar-refractivity contribution in [3.05, 3.63) is 88.2 Å². The van der Waals surface area contributed by atoms with Gasteiger partial charge in [0.15, 0.2) is 0 Å². The van der Waals surface area contributed by atoms with E-state index in [1.807, 2.05) is 67.9 Å². The van der Waals surface area contributed by atoms with Crippen LogP contribution in [0.15, 0.2) is 54.6 Å². The molecule has 0 saturated heterocycles. The Labute approximate surface area is 148 Å². The van der Waals surface area contributed by atoms with Gasteiger partial charge in [-0.2, -0.15) is 5.10 Å². The average molecular weight is 333 g/mol. The van der Waals surface area contributed by atoms with Crippen molar-refractivity contribution in [2.75, 3.05) is 0 Å². The highest BCUT2D eigenvalue weighted by Crippen LogP contribution is 2.10. The van der Waals surface area contributed by atoms with Crippen LogP contribution >= 0.6 is 0 Å². The van der Waals surface area contributed by atoms with Crippen molar-refractivity contribution in [1.82, 2.24) is 15.1 Å². The first-order valence-corrected chi connectivity index (χ1v) is 8.45. The van der Waals surface area contributed by atoms with Crippen LogP contribution in [0.4, 0.5) is 0 Å². The maximum Gasteiger partial charge on any atom is 0.251 e. The van der Waals surface area contributed by atoms with E-state index in [1.54, 1.807) is 0 Å². The molecule has 0 spiro atoms. The van der Waals surface area contributed by atoms with Crippen LogP contribution in [0, 0.1) is 20.8 Å². The summed E-state index contributed by atoms with van der Waals surface area (Å²) in [5, 5.41) is 7.44. The second-order valence-corrected chi connectivity index (χ2v) is 6.45. The van der Waals surface area contributed by atoms with Crippen LogP contribution in [0.1, 0.15) is 38.4 Å². The molecule has 3 aromatic rings. The molecule has 3 rings (SSSR count). The number of rotatable bonds is 5. The highest BCUT2D eigenvalue weighted by molar-refractivity contribution is 5.94. The molecule has 1 aromatic heterocycles. The van der Waals surface area contributed by atoms with Crippen molar-refractivity contribution < 1.29 is 4.79 Å². The molecule has 1 N–H and O–H groups in total. The van der Waals surface area contributed by atoms with E-state index in [4.69, 9.17) is 0 Å². The number of nitrogens with zero attached hydrogens (tertiary/aromatic N) is 2. The maximum atomic E-state index is 12.3. The Balaban J connectivity index is 1.61. The molecular weight excluding hydrogens is 310 g/mol. The summed E-state index contributed by atoms with van der Waals surface area (Å²) in [5.41, 5.74) is 6.25. The van der Waals surface area contributed by atoms with Crippen molar-refractivity contribution in [2.45, 2.75) is 33.9 Å². The molecule has 0 aliphatic rings. The number of nitrogens with one attached hydrogen (secondary N) is 1. The van der Waals surface area contributed by atoms with Crippen molar-refractivity contribution >= 4 is 5.91 Å². The molecule has 0 fully saturated rings. The zero-order valence-corrected chi connectivity index (χ0v) is 14.9. The summed E-state index contributed by atoms with van der Waals surface area (Å²) < 4.78 is 1.97. The fourth-order valence-electron chi connectivity index (χ4n) is 2.88. The van der Waals surface area contributed by atoms with Gasteiger partial charge in [0, 0.05) is 17.8 Å². The third-order valence-electron chi connectivity index (χ3n) is 4.19. The van der Waals surface area contributed by atoms with Crippen LogP contribution in [0.3, 0.4) is 0 Å². The minimum Gasteiger partial charge on any atom is -0.348 e. The Bertz CT molecular complexity index is 878. The van der Waals surface area contributed by atoms with E-state index in [9.17, 15) is 4.79 Å². The number of hydrogen-bond acceptors (Lipinski definition) is 2. The molecule has 1 heterocycles. The number of benzene rings is 2. The highest BCUT2D eigenvalue weighted by atomic mass is 16.1. The molecule has 25 heavy (non-hydrogen) atoms. The zero-order valence-electron chi connectivity index (χ0n) is 14.9. The van der Waals surface area contributed by atoms with E-state index in [-0.39, 0.29) is 5.91 Å². The molecule has 0 aliphatic carbocycles. The first kappa shape index (κ1) is 17.0. The van der Waals surface area contributed by atoms with Crippen LogP contribution < -0.4 is 5.32 Å². The maximum absolute atomic E-state index is 12.3. The van der Waals surface area contributed by atoms with Crippen molar-refractivity contribution in [3.63, 3.8) is 0 Å². The summed E-state index contributed by atoms with van der Waals surface area (Å²) in [5.74, 6) is -0.0563. The lowest BCUT2D eigenvalue weighted by atomic mass is 10.1. The van der Waals surface area contributed by atoms with Crippen LogP contribution in [-0.2, 0) is 13.1 Å². The number of carbonyl (C=O) groups is 1. The lowest BCUT2D eigenvalue weighted by Crippen LogP contribution is -2.22. The van der Waals surface area contributed by atoms with E-state index in [0.29, 0.717) is 18.7 Å². The van der Waals surface area contributed by atoms with Crippen LogP contribution in [0.5, 0.6) is 0 Å². The van der Waals surface area contributed by atoms with Gasteiger partial charge in [0.1, 0.15) is 0 Å². The molecule has 1 amide bonds. The van der Waals surface area contributed by atoms with Gasteiger partial charge in [0.05, 0.1) is 12.2 Å². The fourth-order valence-corrected chi connectivity index (χ4v) is 2.88. The predicted molar refractivity (Wildman–Crippen MR) is 99.6 cm³/mol. The monoisotopic (exact) mass is 333 g/mol. The molecular formula is C21H23N3O. The molecule has 0 bridgehead atoms. The van der Waals surface area contributed by atoms with Crippen molar-refractivity contribution in [1.29, 1.82) is 0 Å². The van der Waals surface area contributed by atoms with E-state index in [2.05, 4.69) is 22.5 Å². The number of aryl methyl sites for hydroxylation is 3. The normalized spacial score (nSPS) is 10.7. The third-order valence-corrected chi connectivity index (χ3v) is 4.19. The second kappa shape index (κ2) is 7.34. The van der Waals surface area contributed by atoms with Gasteiger partial charge in [0.25, 0.3) is 5.91 Å². The topological polar surface area (TPSA) is 46.9 Å². The molecule has 2 aromatic carbocycles. The van der Waals surface area contributed by atoms with E-state index in [0.717, 1.165) is 22.5 Å². The summed E-state index contributed by atoms with van der Waals surface area (Å²) >= 11 is 0. The number of hydrogen-bond donors (Lipinski definition) is 1. The van der Waals surface area contributed by atoms with Crippen LogP contribution in [-0.4, -0.2) is 15.7 Å². The van der Waals surface area contributed by atoms with Gasteiger partial charge in [-0.1, -0.05) is 42.0 Å². The third kappa shape index (κ3) is 4.35. The summed E-state index contributed by atoms with van der Waals surface area (Å²) in [6.07, 6.45) is 0. The molecule has 0 aliphatic heterocycles. The van der Waals surface area contributed by atoms with Gasteiger partial charge in [-0.05, 0) is 50.1 Å². The van der Waals surface area contributed by atoms with Gasteiger partial charge in [-0.25, -0.2) is 0 Å². The lowest BCUT2D eigenvalue weighted by Gasteiger charge is -2.08. The van der Waals surface area contributed by atoms with E-state index in [1.165, 1.54) is 5.56 Å². The molecule has 0 radical (unpaired) electrons. The van der Waals surface area contributed by atoms with Gasteiger partial charge in [-0.3, -0.25) is 9.48 Å². The average Bonchev–Trinajstić information content (AvgIpc) is 2.91. The largest absolute Gasteiger partial charge is 0.348 e. The Kier molecular flexibility index (Phi) is 4.98. The Morgan fingerprint density at radius 1 is 1.00 bits per heavy atom. The fraction of sp³-hybridized carbons (Fsp3) is 0.238. The molecule has 0 atom stereocenters. The molecule has 0 unspecified atom stereocenters. The first-order valence-electron chi connectivity index (χ1n) is 8.45. The smallest absolute Gasteiger partial charge is 0.251 e. The van der Waals surface area contributed by atoms with Crippen molar-refractivity contribution in [2.24, 2.45) is 0 Å². The molecule has 0 saturated carbocycles. The SMILES string of the molecule is Cc1cccc(CNC(=O)c2ccc(Cn3nc(C)cc3C)cc2)c1. The Morgan fingerprint density at radius 2 is 1.76 bits per heavy atom. The van der Waals surface area contributed by atoms with Crippen molar-refractivity contribution in [3.8, 4) is 0 Å². The summed E-state index contributed by atoms with van der Waals surface area (Å²) in [6, 6.07) is 17.9. The van der Waals surface area contributed by atoms with Gasteiger partial charge in [0.2, 0.25) is 0 Å².